The number of phenols is 2. The van der Waals surface area contributed by atoms with E-state index in [0.29, 0.717) is 23.2 Å². The fourth-order valence-corrected chi connectivity index (χ4v) is 4.18. The van der Waals surface area contributed by atoms with Crippen LogP contribution >= 0.6 is 11.8 Å². The molecule has 0 spiro atoms. The van der Waals surface area contributed by atoms with Crippen LogP contribution in [-0.4, -0.2) is 43.1 Å². The number of aryl methyl sites for hydroxylation is 1. The highest BCUT2D eigenvalue weighted by molar-refractivity contribution is 7.99. The number of aromatic hydroxyl groups is 2. The standard InChI is InChI=1S/C25H23N3O4S/c1-3-32-20-10-8-19(9-11-20)28-24(18-6-4-5-16(2)13-18)26-27-25(28)33-15-23(31)17-7-12-21(29)22(30)14-17/h4-14,29-30H,3,15H2,1-2H3. The zero-order valence-corrected chi connectivity index (χ0v) is 19.0. The Morgan fingerprint density at radius 2 is 1.79 bits per heavy atom. The molecule has 0 fully saturated rings. The lowest BCUT2D eigenvalue weighted by molar-refractivity contribution is 0.102. The first kappa shape index (κ1) is 22.4. The number of Topliss-reactive ketones (excluding diaryl/α,β-unsaturated/α-hetero) is 1. The molecule has 168 valence electrons. The molecule has 0 amide bonds. The van der Waals surface area contributed by atoms with Gasteiger partial charge in [0.15, 0.2) is 28.3 Å². The average molecular weight is 462 g/mol. The van der Waals surface area contributed by atoms with E-state index in [2.05, 4.69) is 10.2 Å². The summed E-state index contributed by atoms with van der Waals surface area (Å²) in [6, 6.07) is 19.7. The third-order valence-electron chi connectivity index (χ3n) is 4.95. The molecule has 0 aliphatic rings. The van der Waals surface area contributed by atoms with Gasteiger partial charge < -0.3 is 14.9 Å². The minimum atomic E-state index is -0.329. The lowest BCUT2D eigenvalue weighted by Gasteiger charge is -2.12. The van der Waals surface area contributed by atoms with Gasteiger partial charge in [0, 0.05) is 16.8 Å². The van der Waals surface area contributed by atoms with E-state index in [-0.39, 0.29) is 23.0 Å². The molecule has 0 saturated heterocycles. The molecule has 0 saturated carbocycles. The van der Waals surface area contributed by atoms with Crippen molar-refractivity contribution >= 4 is 17.5 Å². The molecular weight excluding hydrogens is 438 g/mol. The van der Waals surface area contributed by atoms with Gasteiger partial charge in [0.05, 0.1) is 12.4 Å². The van der Waals surface area contributed by atoms with Crippen LogP contribution in [0.2, 0.25) is 0 Å². The fourth-order valence-electron chi connectivity index (χ4n) is 3.34. The lowest BCUT2D eigenvalue weighted by atomic mass is 10.1. The highest BCUT2D eigenvalue weighted by Gasteiger charge is 2.18. The summed E-state index contributed by atoms with van der Waals surface area (Å²) in [6.07, 6.45) is 0. The summed E-state index contributed by atoms with van der Waals surface area (Å²) in [7, 11) is 0. The first-order chi connectivity index (χ1) is 16.0. The Morgan fingerprint density at radius 3 is 2.48 bits per heavy atom. The molecule has 0 aliphatic carbocycles. The maximum absolute atomic E-state index is 12.7. The van der Waals surface area contributed by atoms with Crippen molar-refractivity contribution in [1.29, 1.82) is 0 Å². The molecule has 0 atom stereocenters. The van der Waals surface area contributed by atoms with Crippen LogP contribution in [0.4, 0.5) is 0 Å². The van der Waals surface area contributed by atoms with Gasteiger partial charge in [-0.15, -0.1) is 10.2 Å². The quantitative estimate of drug-likeness (QED) is 0.216. The lowest BCUT2D eigenvalue weighted by Crippen LogP contribution is -2.05. The van der Waals surface area contributed by atoms with Crippen molar-refractivity contribution in [3.8, 4) is 34.3 Å². The molecule has 4 aromatic rings. The molecule has 2 N–H and O–H groups in total. The van der Waals surface area contributed by atoms with Crippen molar-refractivity contribution in [2.24, 2.45) is 0 Å². The van der Waals surface area contributed by atoms with Crippen LogP contribution in [0.3, 0.4) is 0 Å². The molecule has 4 rings (SSSR count). The summed E-state index contributed by atoms with van der Waals surface area (Å²) < 4.78 is 7.47. The number of thioether (sulfide) groups is 1. The molecule has 0 bridgehead atoms. The van der Waals surface area contributed by atoms with Gasteiger partial charge in [-0.05, 0) is 62.4 Å². The first-order valence-electron chi connectivity index (χ1n) is 10.4. The van der Waals surface area contributed by atoms with E-state index in [9.17, 15) is 15.0 Å². The van der Waals surface area contributed by atoms with Crippen molar-refractivity contribution in [3.05, 3.63) is 77.9 Å². The van der Waals surface area contributed by atoms with Crippen LogP contribution in [0.1, 0.15) is 22.8 Å². The van der Waals surface area contributed by atoms with Crippen molar-refractivity contribution in [3.63, 3.8) is 0 Å². The zero-order chi connectivity index (χ0) is 23.4. The summed E-state index contributed by atoms with van der Waals surface area (Å²) >= 11 is 1.25. The Bertz CT molecular complexity index is 1290. The number of hydrogen-bond acceptors (Lipinski definition) is 7. The highest BCUT2D eigenvalue weighted by atomic mass is 32.2. The van der Waals surface area contributed by atoms with Gasteiger partial charge in [0.25, 0.3) is 0 Å². The normalized spacial score (nSPS) is 10.8. The van der Waals surface area contributed by atoms with Crippen molar-refractivity contribution < 1.29 is 19.7 Å². The van der Waals surface area contributed by atoms with E-state index in [1.807, 2.05) is 66.9 Å². The predicted molar refractivity (Wildman–Crippen MR) is 128 cm³/mol. The summed E-state index contributed by atoms with van der Waals surface area (Å²) in [6.45, 7) is 4.53. The van der Waals surface area contributed by atoms with Gasteiger partial charge in [-0.25, -0.2) is 0 Å². The Morgan fingerprint density at radius 1 is 1.00 bits per heavy atom. The predicted octanol–water partition coefficient (Wildman–Crippen LogP) is 5.03. The van der Waals surface area contributed by atoms with Gasteiger partial charge in [-0.3, -0.25) is 9.36 Å². The second-order valence-corrected chi connectivity index (χ2v) is 8.30. The minimum absolute atomic E-state index is 0.0905. The van der Waals surface area contributed by atoms with Gasteiger partial charge in [-0.1, -0.05) is 35.5 Å². The number of carbonyl (C=O) groups excluding carboxylic acids is 1. The third kappa shape index (κ3) is 5.01. The maximum atomic E-state index is 12.7. The first-order valence-corrected chi connectivity index (χ1v) is 11.4. The van der Waals surface area contributed by atoms with E-state index in [1.165, 1.54) is 30.0 Å². The Labute approximate surface area is 195 Å². The number of phenolic OH excluding ortho intramolecular Hbond substituents is 2. The molecule has 0 unspecified atom stereocenters. The second-order valence-electron chi connectivity index (χ2n) is 7.35. The minimum Gasteiger partial charge on any atom is -0.504 e. The molecule has 3 aromatic carbocycles. The number of aromatic nitrogens is 3. The summed E-state index contributed by atoms with van der Waals surface area (Å²) in [5.74, 6) is 0.728. The molecule has 8 heteroatoms. The monoisotopic (exact) mass is 461 g/mol. The topological polar surface area (TPSA) is 97.5 Å². The molecule has 1 heterocycles. The third-order valence-corrected chi connectivity index (χ3v) is 5.87. The van der Waals surface area contributed by atoms with Crippen molar-refractivity contribution in [1.82, 2.24) is 14.8 Å². The number of hydrogen-bond donors (Lipinski definition) is 2. The Balaban J connectivity index is 1.67. The summed E-state index contributed by atoms with van der Waals surface area (Å²) in [5, 5.41) is 28.5. The van der Waals surface area contributed by atoms with E-state index >= 15 is 0 Å². The van der Waals surface area contributed by atoms with Gasteiger partial charge >= 0.3 is 0 Å². The van der Waals surface area contributed by atoms with Gasteiger partial charge in [0.1, 0.15) is 5.75 Å². The number of benzene rings is 3. The van der Waals surface area contributed by atoms with E-state index in [1.54, 1.807) is 0 Å². The van der Waals surface area contributed by atoms with Gasteiger partial charge in [0.2, 0.25) is 0 Å². The summed E-state index contributed by atoms with van der Waals surface area (Å²) in [5.41, 5.74) is 3.17. The molecule has 0 aliphatic heterocycles. The van der Waals surface area contributed by atoms with Gasteiger partial charge in [-0.2, -0.15) is 0 Å². The van der Waals surface area contributed by atoms with E-state index in [0.717, 1.165) is 22.6 Å². The van der Waals surface area contributed by atoms with Crippen LogP contribution in [0, 0.1) is 6.92 Å². The van der Waals surface area contributed by atoms with Crippen molar-refractivity contribution in [2.75, 3.05) is 12.4 Å². The Kier molecular flexibility index (Phi) is 6.65. The average Bonchev–Trinajstić information content (AvgIpc) is 3.24. The second kappa shape index (κ2) is 9.79. The SMILES string of the molecule is CCOc1ccc(-n2c(SCC(=O)c3ccc(O)c(O)c3)nnc2-c2cccc(C)c2)cc1. The number of ketones is 1. The number of rotatable bonds is 8. The molecule has 1 aromatic heterocycles. The van der Waals surface area contributed by atoms with Crippen LogP contribution in [0.25, 0.3) is 17.1 Å². The van der Waals surface area contributed by atoms with E-state index in [4.69, 9.17) is 4.74 Å². The fraction of sp³-hybridized carbons (Fsp3) is 0.160. The zero-order valence-electron chi connectivity index (χ0n) is 18.2. The van der Waals surface area contributed by atoms with E-state index < -0.39 is 0 Å². The number of nitrogens with zero attached hydrogens (tertiary/aromatic N) is 3. The van der Waals surface area contributed by atoms with Crippen LogP contribution in [-0.2, 0) is 0 Å². The van der Waals surface area contributed by atoms with Crippen LogP contribution in [0.5, 0.6) is 17.2 Å². The number of ether oxygens (including phenoxy) is 1. The van der Waals surface area contributed by atoms with Crippen LogP contribution < -0.4 is 4.74 Å². The van der Waals surface area contributed by atoms with Crippen LogP contribution in [0.15, 0.2) is 71.9 Å². The molecule has 33 heavy (non-hydrogen) atoms. The van der Waals surface area contributed by atoms with Crippen molar-refractivity contribution in [2.45, 2.75) is 19.0 Å². The smallest absolute Gasteiger partial charge is 0.196 e. The number of carbonyl (C=O) groups is 1. The molecule has 7 nitrogen and oxygen atoms in total. The highest BCUT2D eigenvalue weighted by Crippen LogP contribution is 2.30. The maximum Gasteiger partial charge on any atom is 0.196 e. The Hall–Kier alpha value is -3.78. The molecule has 0 radical (unpaired) electrons. The largest absolute Gasteiger partial charge is 0.504 e. The summed E-state index contributed by atoms with van der Waals surface area (Å²) in [4.78, 5) is 12.7. The molecular formula is C25H23N3O4S.